The van der Waals surface area contributed by atoms with Gasteiger partial charge in [-0.3, -0.25) is 4.79 Å². The number of rotatable bonds is 14. The molecular weight excluding hydrogens is 708 g/mol. The smallest absolute Gasteiger partial charge is 0.303 e. The Hall–Kier alpha value is -4.62. The first-order chi connectivity index (χ1) is 26.0. The van der Waals surface area contributed by atoms with E-state index in [9.17, 15) is 15.0 Å². The fourth-order valence-corrected chi connectivity index (χ4v) is 8.66. The van der Waals surface area contributed by atoms with E-state index < -0.39 is 11.6 Å². The predicted molar refractivity (Wildman–Crippen MR) is 229 cm³/mol. The summed E-state index contributed by atoms with van der Waals surface area (Å²) in [6, 6.07) is 41.2. The molecule has 0 amide bonds. The van der Waals surface area contributed by atoms with E-state index in [1.807, 2.05) is 74.1 Å². The van der Waals surface area contributed by atoms with Crippen LogP contribution < -0.4 is 5.32 Å². The Balaban J connectivity index is 0.000000321. The minimum Gasteiger partial charge on any atom is -0.481 e. The standard InChI is InChI=1S/C35H36ClNO3S.C12H13N/c1-34(2,40)30-9-4-3-7-25(30)13-17-32(41-23-35(18-19-35)22-33(38)39)27-8-5-6-24(20-27)10-15-29-16-12-26-11-14-28(36)21-31(26)37-29;1-2-13-12-9-5-7-10-6-3-4-8-11(10)12/h3-12,14-16,20-21,32,40H,13,17-19,22-23H2,1-2H3,(H,38,39);3-9,13H,2H2,1H3/b15-10+;/t32-;/m1./s1. The zero-order valence-electron chi connectivity index (χ0n) is 31.3. The quantitative estimate of drug-likeness (QED) is 0.103. The molecule has 7 heteroatoms. The summed E-state index contributed by atoms with van der Waals surface area (Å²) < 4.78 is 0. The molecule has 5 aromatic carbocycles. The van der Waals surface area contributed by atoms with Crippen molar-refractivity contribution in [3.8, 4) is 0 Å². The zero-order chi connectivity index (χ0) is 38.1. The van der Waals surface area contributed by atoms with Gasteiger partial charge >= 0.3 is 5.97 Å². The van der Waals surface area contributed by atoms with Gasteiger partial charge in [0.1, 0.15) is 0 Å². The molecule has 1 fully saturated rings. The molecular formula is C47H49ClN2O3S. The fraction of sp³-hybridized carbons (Fsp3) is 0.277. The summed E-state index contributed by atoms with van der Waals surface area (Å²) in [6.07, 6.45) is 8.02. The van der Waals surface area contributed by atoms with Gasteiger partial charge in [-0.05, 0) is 110 Å². The third-order valence-electron chi connectivity index (χ3n) is 9.99. The lowest BCUT2D eigenvalue weighted by Crippen LogP contribution is -2.18. The molecule has 0 unspecified atom stereocenters. The van der Waals surface area contributed by atoms with E-state index in [1.165, 1.54) is 22.0 Å². The van der Waals surface area contributed by atoms with Gasteiger partial charge in [-0.1, -0.05) is 115 Å². The summed E-state index contributed by atoms with van der Waals surface area (Å²) in [4.78, 5) is 16.2. The number of aliphatic carboxylic acids is 1. The van der Waals surface area contributed by atoms with Crippen LogP contribution in [-0.2, 0) is 16.8 Å². The molecule has 1 aliphatic rings. The maximum absolute atomic E-state index is 11.5. The second-order valence-electron chi connectivity index (χ2n) is 14.8. The number of halogens is 1. The Morgan fingerprint density at radius 1 is 0.907 bits per heavy atom. The predicted octanol–water partition coefficient (Wildman–Crippen LogP) is 12.2. The van der Waals surface area contributed by atoms with E-state index in [4.69, 9.17) is 16.6 Å². The maximum Gasteiger partial charge on any atom is 0.303 e. The third kappa shape index (κ3) is 10.5. The van der Waals surface area contributed by atoms with Gasteiger partial charge in [0, 0.05) is 39.0 Å². The molecule has 1 saturated carbocycles. The number of fused-ring (bicyclic) bond motifs is 2. The Kier molecular flexibility index (Phi) is 12.8. The number of hydrogen-bond donors (Lipinski definition) is 3. The number of aryl methyl sites for hydroxylation is 1. The molecule has 6 aromatic rings. The summed E-state index contributed by atoms with van der Waals surface area (Å²) in [5.74, 6) is 0.122. The molecule has 0 saturated heterocycles. The van der Waals surface area contributed by atoms with Crippen LogP contribution in [0.25, 0.3) is 33.8 Å². The van der Waals surface area contributed by atoms with Crippen molar-refractivity contribution in [3.63, 3.8) is 0 Å². The molecule has 7 rings (SSSR count). The highest BCUT2D eigenvalue weighted by Gasteiger charge is 2.44. The van der Waals surface area contributed by atoms with Crippen LogP contribution in [-0.4, -0.2) is 33.5 Å². The van der Waals surface area contributed by atoms with Gasteiger partial charge in [0.2, 0.25) is 0 Å². The number of aromatic nitrogens is 1. The molecule has 54 heavy (non-hydrogen) atoms. The highest BCUT2D eigenvalue weighted by atomic mass is 35.5. The molecule has 1 atom stereocenters. The number of benzene rings is 5. The lowest BCUT2D eigenvalue weighted by atomic mass is 9.90. The molecule has 278 valence electrons. The van der Waals surface area contributed by atoms with Crippen molar-refractivity contribution >= 4 is 68.8 Å². The van der Waals surface area contributed by atoms with Crippen LogP contribution in [0.4, 0.5) is 5.69 Å². The van der Waals surface area contributed by atoms with Crippen LogP contribution in [0, 0.1) is 5.41 Å². The lowest BCUT2D eigenvalue weighted by Gasteiger charge is -2.24. The SMILES string of the molecule is CC(C)(O)c1ccccc1CC[C@@H](SCC1(CC(=O)O)CC1)c1cccc(/C=C/c2ccc3ccc(Cl)cc3n2)c1.CCNc1cccc2ccccc12. The van der Waals surface area contributed by atoms with Gasteiger partial charge in [-0.15, -0.1) is 0 Å². The minimum absolute atomic E-state index is 0.0814. The van der Waals surface area contributed by atoms with Crippen LogP contribution >= 0.6 is 23.4 Å². The first-order valence-electron chi connectivity index (χ1n) is 18.7. The minimum atomic E-state index is -0.911. The summed E-state index contributed by atoms with van der Waals surface area (Å²) >= 11 is 8.04. The molecule has 1 heterocycles. The number of carboxylic acid groups (broad SMARTS) is 1. The summed E-state index contributed by atoms with van der Waals surface area (Å²) in [6.45, 7) is 6.74. The first kappa shape index (κ1) is 39.1. The van der Waals surface area contributed by atoms with Gasteiger partial charge in [-0.2, -0.15) is 11.8 Å². The average Bonchev–Trinajstić information content (AvgIpc) is 3.92. The van der Waals surface area contributed by atoms with Crippen LogP contribution in [0.3, 0.4) is 0 Å². The molecule has 1 aromatic heterocycles. The maximum atomic E-state index is 11.5. The summed E-state index contributed by atoms with van der Waals surface area (Å²) in [7, 11) is 0. The van der Waals surface area contributed by atoms with Crippen molar-refractivity contribution in [1.82, 2.24) is 4.98 Å². The first-order valence-corrected chi connectivity index (χ1v) is 20.1. The van der Waals surface area contributed by atoms with Gasteiger partial charge < -0.3 is 15.5 Å². The van der Waals surface area contributed by atoms with Crippen molar-refractivity contribution in [2.75, 3.05) is 17.6 Å². The highest BCUT2D eigenvalue weighted by molar-refractivity contribution is 7.99. The third-order valence-corrected chi connectivity index (χ3v) is 11.9. The van der Waals surface area contributed by atoms with E-state index >= 15 is 0 Å². The second-order valence-corrected chi connectivity index (χ2v) is 16.4. The Morgan fingerprint density at radius 3 is 2.43 bits per heavy atom. The molecule has 1 aliphatic carbocycles. The van der Waals surface area contributed by atoms with Crippen molar-refractivity contribution in [2.45, 2.75) is 63.7 Å². The average molecular weight is 757 g/mol. The summed E-state index contributed by atoms with van der Waals surface area (Å²) in [5.41, 5.74) is 6.38. The second kappa shape index (κ2) is 17.7. The molecule has 3 N–H and O–H groups in total. The van der Waals surface area contributed by atoms with Crippen LogP contribution in [0.1, 0.15) is 79.7 Å². The Morgan fingerprint density at radius 2 is 1.65 bits per heavy atom. The van der Waals surface area contributed by atoms with Crippen LogP contribution in [0.15, 0.2) is 121 Å². The van der Waals surface area contributed by atoms with E-state index in [0.29, 0.717) is 5.02 Å². The highest BCUT2D eigenvalue weighted by Crippen LogP contribution is 2.53. The van der Waals surface area contributed by atoms with E-state index in [1.54, 1.807) is 0 Å². The normalized spacial score (nSPS) is 14.1. The number of anilines is 1. The number of hydrogen-bond acceptors (Lipinski definition) is 5. The monoisotopic (exact) mass is 756 g/mol. The van der Waals surface area contributed by atoms with E-state index in [2.05, 4.69) is 97.2 Å². The van der Waals surface area contributed by atoms with Gasteiger partial charge in [0.25, 0.3) is 0 Å². The molecule has 0 bridgehead atoms. The van der Waals surface area contributed by atoms with E-state index in [0.717, 1.165) is 71.3 Å². The number of pyridine rings is 1. The molecule has 0 spiro atoms. The van der Waals surface area contributed by atoms with Gasteiger partial charge in [-0.25, -0.2) is 4.98 Å². The Labute approximate surface area is 328 Å². The molecule has 0 radical (unpaired) electrons. The summed E-state index contributed by atoms with van der Waals surface area (Å²) in [5, 5.41) is 28.0. The number of aliphatic hydroxyl groups is 1. The van der Waals surface area contributed by atoms with Crippen LogP contribution in [0.2, 0.25) is 5.02 Å². The molecule has 0 aliphatic heterocycles. The molecule has 5 nitrogen and oxygen atoms in total. The number of carboxylic acids is 1. The Bertz CT molecular complexity index is 2240. The number of carbonyl (C=O) groups is 1. The number of nitrogens with zero attached hydrogens (tertiary/aromatic N) is 1. The lowest BCUT2D eigenvalue weighted by molar-refractivity contribution is -0.138. The topological polar surface area (TPSA) is 82.5 Å². The van der Waals surface area contributed by atoms with Crippen molar-refractivity contribution < 1.29 is 15.0 Å². The number of nitrogens with one attached hydrogen (secondary N) is 1. The van der Waals surface area contributed by atoms with Crippen molar-refractivity contribution in [2.24, 2.45) is 5.41 Å². The van der Waals surface area contributed by atoms with Crippen molar-refractivity contribution in [3.05, 3.63) is 154 Å². The van der Waals surface area contributed by atoms with Gasteiger partial charge in [0.15, 0.2) is 0 Å². The van der Waals surface area contributed by atoms with Gasteiger partial charge in [0.05, 0.1) is 23.2 Å². The number of thioether (sulfide) groups is 1. The largest absolute Gasteiger partial charge is 0.481 e. The van der Waals surface area contributed by atoms with E-state index in [-0.39, 0.29) is 17.1 Å². The zero-order valence-corrected chi connectivity index (χ0v) is 32.8. The van der Waals surface area contributed by atoms with Crippen LogP contribution in [0.5, 0.6) is 0 Å². The van der Waals surface area contributed by atoms with Crippen molar-refractivity contribution in [1.29, 1.82) is 0 Å². The fourth-order valence-electron chi connectivity index (χ4n) is 6.93.